The number of fused-ring (bicyclic) bond motifs is 1. The van der Waals surface area contributed by atoms with Gasteiger partial charge in [-0.15, -0.1) is 0 Å². The van der Waals surface area contributed by atoms with Gasteiger partial charge in [-0.2, -0.15) is 18.3 Å². The molecule has 1 aromatic heterocycles. The molecule has 3 heterocycles. The zero-order valence-electron chi connectivity index (χ0n) is 16.7. The highest BCUT2D eigenvalue weighted by molar-refractivity contribution is 5.81. The molecule has 10 heteroatoms. The highest BCUT2D eigenvalue weighted by Gasteiger charge is 2.46. The van der Waals surface area contributed by atoms with E-state index in [0.717, 1.165) is 30.5 Å². The predicted octanol–water partition coefficient (Wildman–Crippen LogP) is 2.85. The fourth-order valence-electron chi connectivity index (χ4n) is 4.67. The molecule has 0 spiro atoms. The minimum atomic E-state index is -4.39. The molecule has 0 N–H and O–H groups in total. The molecule has 1 unspecified atom stereocenters. The van der Waals surface area contributed by atoms with Crippen LogP contribution in [0.15, 0.2) is 29.1 Å². The van der Waals surface area contributed by atoms with Crippen LogP contribution >= 0.6 is 0 Å². The molecule has 3 aliphatic rings. The number of hydrogen-bond donors (Lipinski definition) is 0. The van der Waals surface area contributed by atoms with Crippen LogP contribution < -0.4 is 5.69 Å². The lowest BCUT2D eigenvalue weighted by atomic mass is 9.95. The molecular formula is C21H22F4N4O2. The molecule has 1 atom stereocenters. The summed E-state index contributed by atoms with van der Waals surface area (Å²) < 4.78 is 54.5. The summed E-state index contributed by atoms with van der Waals surface area (Å²) in [7, 11) is 0. The minimum absolute atomic E-state index is 0.0601. The van der Waals surface area contributed by atoms with Crippen molar-refractivity contribution in [2.24, 2.45) is 0 Å². The SMILES string of the molecule is O=C(C1CCCc2nn(CC3(c4ccc(C(F)(F)F)cc4)CC3)c(=O)n21)N1CC(F)C1. The number of carbonyl (C=O) groups is 1. The van der Waals surface area contributed by atoms with Gasteiger partial charge in [0.2, 0.25) is 5.91 Å². The van der Waals surface area contributed by atoms with Crippen LogP contribution in [0.4, 0.5) is 17.6 Å². The Labute approximate surface area is 175 Å². The van der Waals surface area contributed by atoms with Crippen LogP contribution in [0, 0.1) is 0 Å². The molecule has 2 fully saturated rings. The molecule has 1 saturated carbocycles. The number of benzene rings is 1. The fraction of sp³-hybridized carbons (Fsp3) is 0.571. The number of alkyl halides is 4. The second-order valence-corrected chi connectivity index (χ2v) is 8.83. The zero-order chi connectivity index (χ0) is 22.0. The number of aromatic nitrogens is 3. The first-order chi connectivity index (χ1) is 14.7. The van der Waals surface area contributed by atoms with E-state index in [2.05, 4.69) is 5.10 Å². The maximum absolute atomic E-state index is 13.2. The van der Waals surface area contributed by atoms with Crippen LogP contribution in [-0.2, 0) is 29.4 Å². The molecule has 1 saturated heterocycles. The smallest absolute Gasteiger partial charge is 0.335 e. The molecule has 5 rings (SSSR count). The molecule has 166 valence electrons. The summed E-state index contributed by atoms with van der Waals surface area (Å²) in [6.07, 6.45) is -2.11. The van der Waals surface area contributed by atoms with E-state index in [4.69, 9.17) is 0 Å². The van der Waals surface area contributed by atoms with Crippen LogP contribution in [0.25, 0.3) is 0 Å². The number of hydrogen-bond acceptors (Lipinski definition) is 3. The Kier molecular flexibility index (Phi) is 4.53. The second-order valence-electron chi connectivity index (χ2n) is 8.83. The maximum Gasteiger partial charge on any atom is 0.416 e. The number of carbonyl (C=O) groups excluding carboxylic acids is 1. The topological polar surface area (TPSA) is 60.1 Å². The third-order valence-electron chi connectivity index (χ3n) is 6.70. The molecule has 0 radical (unpaired) electrons. The number of halogens is 4. The molecule has 6 nitrogen and oxygen atoms in total. The van der Waals surface area contributed by atoms with Gasteiger partial charge in [0.1, 0.15) is 18.0 Å². The average Bonchev–Trinajstić information content (AvgIpc) is 3.43. The maximum atomic E-state index is 13.2. The van der Waals surface area contributed by atoms with Gasteiger partial charge in [-0.05, 0) is 43.4 Å². The van der Waals surface area contributed by atoms with E-state index in [1.165, 1.54) is 26.3 Å². The largest absolute Gasteiger partial charge is 0.416 e. The molecular weight excluding hydrogens is 416 g/mol. The highest BCUT2D eigenvalue weighted by atomic mass is 19.4. The first-order valence-corrected chi connectivity index (χ1v) is 10.5. The lowest BCUT2D eigenvalue weighted by Gasteiger charge is -2.37. The van der Waals surface area contributed by atoms with Crippen LogP contribution in [0.3, 0.4) is 0 Å². The van der Waals surface area contributed by atoms with Gasteiger partial charge in [0.05, 0.1) is 25.2 Å². The van der Waals surface area contributed by atoms with Gasteiger partial charge >= 0.3 is 11.9 Å². The van der Waals surface area contributed by atoms with Crippen LogP contribution in [0.5, 0.6) is 0 Å². The van der Waals surface area contributed by atoms with Gasteiger partial charge in [-0.3, -0.25) is 9.36 Å². The number of aryl methyl sites for hydroxylation is 1. The lowest BCUT2D eigenvalue weighted by Crippen LogP contribution is -2.54. The van der Waals surface area contributed by atoms with E-state index >= 15 is 0 Å². The number of amides is 1. The van der Waals surface area contributed by atoms with Crippen molar-refractivity contribution >= 4 is 5.91 Å². The minimum Gasteiger partial charge on any atom is -0.335 e. The van der Waals surface area contributed by atoms with Gasteiger partial charge in [-0.1, -0.05) is 12.1 Å². The summed E-state index contributed by atoms with van der Waals surface area (Å²) in [5, 5.41) is 4.45. The Bertz CT molecular complexity index is 1060. The first kappa shape index (κ1) is 20.3. The lowest BCUT2D eigenvalue weighted by molar-refractivity contribution is -0.142. The Morgan fingerprint density at radius 2 is 1.84 bits per heavy atom. The van der Waals surface area contributed by atoms with Crippen molar-refractivity contribution in [3.8, 4) is 0 Å². The Morgan fingerprint density at radius 1 is 1.16 bits per heavy atom. The van der Waals surface area contributed by atoms with Gasteiger partial charge in [0.15, 0.2) is 0 Å². The Hall–Kier alpha value is -2.65. The van der Waals surface area contributed by atoms with Gasteiger partial charge in [-0.25, -0.2) is 13.9 Å². The van der Waals surface area contributed by atoms with E-state index < -0.39 is 29.4 Å². The summed E-state index contributed by atoms with van der Waals surface area (Å²) >= 11 is 0. The normalized spacial score (nSPS) is 22.7. The number of rotatable bonds is 4. The molecule has 31 heavy (non-hydrogen) atoms. The summed E-state index contributed by atoms with van der Waals surface area (Å²) in [6.45, 7) is 0.379. The quantitative estimate of drug-likeness (QED) is 0.690. The number of likely N-dealkylation sites (tertiary alicyclic amines) is 1. The molecule has 1 aromatic carbocycles. The van der Waals surface area contributed by atoms with Gasteiger partial charge in [0.25, 0.3) is 0 Å². The standard InChI is InChI=1S/C21H22F4N4O2/c22-15-10-27(11-15)18(30)16-2-1-3-17-26-28(19(31)29(16)17)12-20(8-9-20)13-4-6-14(7-5-13)21(23,24)25/h4-7,15-16H,1-3,8-12H2. The third kappa shape index (κ3) is 3.45. The van der Waals surface area contributed by atoms with Gasteiger partial charge in [0, 0.05) is 11.8 Å². The zero-order valence-corrected chi connectivity index (χ0v) is 16.7. The average molecular weight is 438 g/mol. The highest BCUT2D eigenvalue weighted by Crippen LogP contribution is 2.49. The molecule has 1 aliphatic carbocycles. The molecule has 2 aliphatic heterocycles. The van der Waals surface area contributed by atoms with E-state index in [-0.39, 0.29) is 31.2 Å². The van der Waals surface area contributed by atoms with Crippen molar-refractivity contribution in [2.45, 2.75) is 62.5 Å². The first-order valence-electron chi connectivity index (χ1n) is 10.5. The van der Waals surface area contributed by atoms with E-state index in [9.17, 15) is 27.2 Å². The van der Waals surface area contributed by atoms with Crippen LogP contribution in [0.2, 0.25) is 0 Å². The molecule has 2 aromatic rings. The summed E-state index contributed by atoms with van der Waals surface area (Å²) in [6, 6.07) is 4.41. The third-order valence-corrected chi connectivity index (χ3v) is 6.70. The van der Waals surface area contributed by atoms with Crippen molar-refractivity contribution in [3.05, 3.63) is 51.7 Å². The second kappa shape index (κ2) is 6.93. The number of nitrogens with zero attached hydrogens (tertiary/aromatic N) is 4. The van der Waals surface area contributed by atoms with Crippen molar-refractivity contribution < 1.29 is 22.4 Å². The van der Waals surface area contributed by atoms with E-state index in [1.807, 2.05) is 0 Å². The predicted molar refractivity (Wildman–Crippen MR) is 102 cm³/mol. The summed E-state index contributed by atoms with van der Waals surface area (Å²) in [5.41, 5.74) is -0.759. The fourth-order valence-corrected chi connectivity index (χ4v) is 4.67. The van der Waals surface area contributed by atoms with Gasteiger partial charge < -0.3 is 4.90 Å². The Morgan fingerprint density at radius 3 is 2.42 bits per heavy atom. The van der Waals surface area contributed by atoms with Crippen LogP contribution in [-0.4, -0.2) is 44.4 Å². The molecule has 0 bridgehead atoms. The monoisotopic (exact) mass is 438 g/mol. The van der Waals surface area contributed by atoms with Crippen LogP contribution in [0.1, 0.15) is 48.7 Å². The van der Waals surface area contributed by atoms with Crippen molar-refractivity contribution in [2.75, 3.05) is 13.1 Å². The van der Waals surface area contributed by atoms with E-state index in [1.54, 1.807) is 0 Å². The molecule has 1 amide bonds. The van der Waals surface area contributed by atoms with E-state index in [0.29, 0.717) is 25.1 Å². The van der Waals surface area contributed by atoms with Crippen molar-refractivity contribution in [3.63, 3.8) is 0 Å². The van der Waals surface area contributed by atoms with Crippen molar-refractivity contribution in [1.29, 1.82) is 0 Å². The summed E-state index contributed by atoms with van der Waals surface area (Å²) in [4.78, 5) is 27.3. The Balaban J connectivity index is 1.40. The summed E-state index contributed by atoms with van der Waals surface area (Å²) in [5.74, 6) is 0.288. The van der Waals surface area contributed by atoms with Crippen molar-refractivity contribution in [1.82, 2.24) is 19.2 Å².